The van der Waals surface area contributed by atoms with Crippen molar-refractivity contribution < 1.29 is 14.3 Å². The molecular weight excluding hydrogens is 262 g/mol. The highest BCUT2D eigenvalue weighted by molar-refractivity contribution is 5.89. The summed E-state index contributed by atoms with van der Waals surface area (Å²) in [5.41, 5.74) is 7.23. The highest BCUT2D eigenvalue weighted by Gasteiger charge is 2.36. The van der Waals surface area contributed by atoms with Gasteiger partial charge in [-0.2, -0.15) is 0 Å². The standard InChI is InChI=1S/C12H17N5O3/c13-11(18)10-5-20-2-1-17(10)12(19)8-3-7-9(4-14-8)16-6-15-7/h6,8,10,14H,1-5H2,(H2,13,18)(H,15,16). The first kappa shape index (κ1) is 13.1. The number of hydrogen-bond donors (Lipinski definition) is 3. The molecule has 3 rings (SSSR count). The molecule has 0 bridgehead atoms. The van der Waals surface area contributed by atoms with Gasteiger partial charge in [-0.25, -0.2) is 4.98 Å². The fourth-order valence-corrected chi connectivity index (χ4v) is 2.65. The minimum Gasteiger partial charge on any atom is -0.377 e. The second-order valence-electron chi connectivity index (χ2n) is 4.99. The molecule has 2 unspecified atom stereocenters. The molecule has 8 heteroatoms. The van der Waals surface area contributed by atoms with E-state index in [1.54, 1.807) is 6.33 Å². The lowest BCUT2D eigenvalue weighted by molar-refractivity contribution is -0.149. The van der Waals surface area contributed by atoms with Crippen LogP contribution in [0.2, 0.25) is 0 Å². The molecule has 2 aliphatic heterocycles. The summed E-state index contributed by atoms with van der Waals surface area (Å²) in [5, 5.41) is 3.16. The lowest BCUT2D eigenvalue weighted by Gasteiger charge is -2.36. The molecule has 20 heavy (non-hydrogen) atoms. The van der Waals surface area contributed by atoms with Crippen molar-refractivity contribution in [3.63, 3.8) is 0 Å². The number of aromatic nitrogens is 2. The van der Waals surface area contributed by atoms with Gasteiger partial charge >= 0.3 is 0 Å². The van der Waals surface area contributed by atoms with E-state index in [9.17, 15) is 9.59 Å². The van der Waals surface area contributed by atoms with Crippen LogP contribution in [0.3, 0.4) is 0 Å². The van der Waals surface area contributed by atoms with E-state index < -0.39 is 11.9 Å². The molecule has 2 atom stereocenters. The van der Waals surface area contributed by atoms with E-state index in [1.165, 1.54) is 4.90 Å². The number of primary amides is 1. The molecule has 2 amide bonds. The number of fused-ring (bicyclic) bond motifs is 1. The second kappa shape index (κ2) is 5.22. The summed E-state index contributed by atoms with van der Waals surface area (Å²) in [7, 11) is 0. The Hall–Kier alpha value is -1.93. The normalized spacial score (nSPS) is 26.1. The SMILES string of the molecule is NC(=O)C1COCCN1C(=O)C1Cc2nc[nH]c2CN1. The Kier molecular flexibility index (Phi) is 3.41. The molecule has 0 aromatic carbocycles. The van der Waals surface area contributed by atoms with Crippen molar-refractivity contribution in [3.8, 4) is 0 Å². The number of amides is 2. The molecule has 0 saturated carbocycles. The molecule has 1 fully saturated rings. The van der Waals surface area contributed by atoms with Crippen molar-refractivity contribution in [2.75, 3.05) is 19.8 Å². The van der Waals surface area contributed by atoms with Crippen LogP contribution in [0.5, 0.6) is 0 Å². The fraction of sp³-hybridized carbons (Fsp3) is 0.583. The molecule has 108 valence electrons. The van der Waals surface area contributed by atoms with Gasteiger partial charge in [0.25, 0.3) is 0 Å². The predicted molar refractivity (Wildman–Crippen MR) is 68.4 cm³/mol. The van der Waals surface area contributed by atoms with Gasteiger partial charge in [0.05, 0.1) is 37.0 Å². The van der Waals surface area contributed by atoms with Gasteiger partial charge < -0.3 is 20.4 Å². The van der Waals surface area contributed by atoms with Gasteiger partial charge in [-0.1, -0.05) is 0 Å². The first-order chi connectivity index (χ1) is 9.66. The summed E-state index contributed by atoms with van der Waals surface area (Å²) in [6, 6.07) is -1.05. The van der Waals surface area contributed by atoms with Crippen molar-refractivity contribution in [2.45, 2.75) is 25.0 Å². The zero-order chi connectivity index (χ0) is 14.1. The number of nitrogens with one attached hydrogen (secondary N) is 2. The number of aromatic amines is 1. The van der Waals surface area contributed by atoms with Gasteiger partial charge in [0.2, 0.25) is 11.8 Å². The van der Waals surface area contributed by atoms with E-state index in [1.807, 2.05) is 0 Å². The van der Waals surface area contributed by atoms with E-state index in [2.05, 4.69) is 15.3 Å². The number of nitrogens with two attached hydrogens (primary N) is 1. The topological polar surface area (TPSA) is 113 Å². The number of hydrogen-bond acceptors (Lipinski definition) is 5. The minimum absolute atomic E-state index is 0.120. The number of H-pyrrole nitrogens is 1. The summed E-state index contributed by atoms with van der Waals surface area (Å²) in [6.07, 6.45) is 2.14. The van der Waals surface area contributed by atoms with Crippen LogP contribution in [0, 0.1) is 0 Å². The van der Waals surface area contributed by atoms with E-state index in [0.29, 0.717) is 26.1 Å². The third-order valence-corrected chi connectivity index (χ3v) is 3.77. The van der Waals surface area contributed by atoms with Crippen molar-refractivity contribution in [3.05, 3.63) is 17.7 Å². The molecule has 0 aliphatic carbocycles. The van der Waals surface area contributed by atoms with E-state index in [-0.39, 0.29) is 18.6 Å². The monoisotopic (exact) mass is 279 g/mol. The number of ether oxygens (including phenoxy) is 1. The maximum absolute atomic E-state index is 12.6. The van der Waals surface area contributed by atoms with Crippen LogP contribution in [-0.4, -0.2) is 58.5 Å². The minimum atomic E-state index is -0.682. The Morgan fingerprint density at radius 3 is 3.15 bits per heavy atom. The molecule has 4 N–H and O–H groups in total. The summed E-state index contributed by atoms with van der Waals surface area (Å²) in [5.74, 6) is -0.653. The third-order valence-electron chi connectivity index (χ3n) is 3.77. The molecule has 8 nitrogen and oxygen atoms in total. The maximum atomic E-state index is 12.6. The van der Waals surface area contributed by atoms with Crippen molar-refractivity contribution in [2.24, 2.45) is 5.73 Å². The van der Waals surface area contributed by atoms with Gasteiger partial charge in [-0.05, 0) is 0 Å². The molecule has 0 spiro atoms. The number of nitrogens with zero attached hydrogens (tertiary/aromatic N) is 2. The molecule has 3 heterocycles. The van der Waals surface area contributed by atoms with Gasteiger partial charge in [0.1, 0.15) is 6.04 Å². The molecule has 1 saturated heterocycles. The Morgan fingerprint density at radius 1 is 1.50 bits per heavy atom. The van der Waals surface area contributed by atoms with Crippen LogP contribution >= 0.6 is 0 Å². The summed E-state index contributed by atoms with van der Waals surface area (Å²) in [4.78, 5) is 32.7. The largest absolute Gasteiger partial charge is 0.377 e. The van der Waals surface area contributed by atoms with Crippen LogP contribution < -0.4 is 11.1 Å². The molecule has 1 aromatic heterocycles. The van der Waals surface area contributed by atoms with Crippen LogP contribution in [0.15, 0.2) is 6.33 Å². The number of morpholine rings is 1. The first-order valence-corrected chi connectivity index (χ1v) is 6.59. The number of carbonyl (C=O) groups is 2. The average molecular weight is 279 g/mol. The van der Waals surface area contributed by atoms with Crippen LogP contribution in [0.4, 0.5) is 0 Å². The zero-order valence-electron chi connectivity index (χ0n) is 11.0. The fourth-order valence-electron chi connectivity index (χ4n) is 2.65. The molecule has 0 radical (unpaired) electrons. The van der Waals surface area contributed by atoms with E-state index >= 15 is 0 Å². The van der Waals surface area contributed by atoms with Gasteiger partial charge in [0.15, 0.2) is 0 Å². The molecule has 2 aliphatic rings. The summed E-state index contributed by atoms with van der Waals surface area (Å²) in [6.45, 7) is 1.55. The number of imidazole rings is 1. The zero-order valence-corrected chi connectivity index (χ0v) is 11.0. The summed E-state index contributed by atoms with van der Waals surface area (Å²) < 4.78 is 5.22. The average Bonchev–Trinajstić information content (AvgIpc) is 2.93. The third kappa shape index (κ3) is 2.27. The van der Waals surface area contributed by atoms with Crippen molar-refractivity contribution in [1.82, 2.24) is 20.2 Å². The Balaban J connectivity index is 1.73. The van der Waals surface area contributed by atoms with Crippen LogP contribution in [0.25, 0.3) is 0 Å². The summed E-state index contributed by atoms with van der Waals surface area (Å²) >= 11 is 0. The maximum Gasteiger partial charge on any atom is 0.242 e. The van der Waals surface area contributed by atoms with Crippen molar-refractivity contribution >= 4 is 11.8 Å². The van der Waals surface area contributed by atoms with Gasteiger partial charge in [-0.15, -0.1) is 0 Å². The lowest BCUT2D eigenvalue weighted by Crippen LogP contribution is -2.59. The Bertz CT molecular complexity index is 529. The lowest BCUT2D eigenvalue weighted by atomic mass is 10.0. The van der Waals surface area contributed by atoms with Crippen LogP contribution in [0.1, 0.15) is 11.4 Å². The number of rotatable bonds is 2. The van der Waals surface area contributed by atoms with Gasteiger partial charge in [-0.3, -0.25) is 14.9 Å². The van der Waals surface area contributed by atoms with Crippen LogP contribution in [-0.2, 0) is 27.3 Å². The Labute approximate surface area is 115 Å². The van der Waals surface area contributed by atoms with E-state index in [0.717, 1.165) is 11.4 Å². The molecular formula is C12H17N5O3. The second-order valence-corrected chi connectivity index (χ2v) is 4.99. The Morgan fingerprint density at radius 2 is 2.35 bits per heavy atom. The van der Waals surface area contributed by atoms with Gasteiger partial charge in [0, 0.05) is 19.5 Å². The number of carbonyl (C=O) groups excluding carboxylic acids is 2. The predicted octanol–water partition coefficient (Wildman–Crippen LogP) is -1.86. The van der Waals surface area contributed by atoms with E-state index in [4.69, 9.17) is 10.5 Å². The smallest absolute Gasteiger partial charge is 0.242 e. The quantitative estimate of drug-likeness (QED) is 0.587. The molecule has 1 aromatic rings. The first-order valence-electron chi connectivity index (χ1n) is 6.59. The highest BCUT2D eigenvalue weighted by Crippen LogP contribution is 2.16. The highest BCUT2D eigenvalue weighted by atomic mass is 16.5. The van der Waals surface area contributed by atoms with Crippen molar-refractivity contribution in [1.29, 1.82) is 0 Å².